The van der Waals surface area contributed by atoms with E-state index >= 15 is 0 Å². The average Bonchev–Trinajstić information content (AvgIpc) is 3.02. The van der Waals surface area contributed by atoms with Gasteiger partial charge in [-0.05, 0) is 74.0 Å². The molecule has 0 aromatic heterocycles. The third-order valence-electron chi connectivity index (χ3n) is 6.76. The van der Waals surface area contributed by atoms with Crippen LogP contribution in [0.25, 0.3) is 0 Å². The number of ether oxygens (including phenoxy) is 1. The zero-order chi connectivity index (χ0) is 18.5. The number of benzene rings is 1. The third-order valence-corrected chi connectivity index (χ3v) is 6.76. The number of amides is 1. The summed E-state index contributed by atoms with van der Waals surface area (Å²) in [5.74, 6) is 1.91. The lowest BCUT2D eigenvalue weighted by molar-refractivity contribution is -0.136. The molecule has 2 unspecified atom stereocenters. The van der Waals surface area contributed by atoms with E-state index in [0.717, 1.165) is 36.9 Å². The van der Waals surface area contributed by atoms with Gasteiger partial charge in [-0.2, -0.15) is 0 Å². The minimum absolute atomic E-state index is 0.205. The van der Waals surface area contributed by atoms with Crippen LogP contribution in [0.5, 0.6) is 0 Å². The molecule has 1 aromatic carbocycles. The second-order valence-electron chi connectivity index (χ2n) is 8.94. The van der Waals surface area contributed by atoms with Crippen molar-refractivity contribution in [2.45, 2.75) is 52.4 Å². The van der Waals surface area contributed by atoms with Crippen molar-refractivity contribution in [1.29, 1.82) is 0 Å². The van der Waals surface area contributed by atoms with Gasteiger partial charge in [-0.1, -0.05) is 19.9 Å². The molecule has 0 radical (unpaired) electrons. The van der Waals surface area contributed by atoms with Crippen LogP contribution in [0, 0.1) is 23.2 Å². The highest BCUT2D eigenvalue weighted by Crippen LogP contribution is 2.54. The molecule has 2 aliphatic carbocycles. The zero-order valence-corrected chi connectivity index (χ0v) is 16.1. The number of anilines is 1. The summed E-state index contributed by atoms with van der Waals surface area (Å²) in [4.78, 5) is 27.8. The minimum atomic E-state index is -0.313. The average molecular weight is 355 g/mol. The first-order valence-electron chi connectivity index (χ1n) is 9.95. The fraction of sp³-hybridized carbons (Fsp3) is 0.636. The molecule has 2 saturated carbocycles. The fourth-order valence-corrected chi connectivity index (χ4v) is 6.20. The highest BCUT2D eigenvalue weighted by atomic mass is 16.5. The van der Waals surface area contributed by atoms with Gasteiger partial charge < -0.3 is 9.64 Å². The van der Waals surface area contributed by atoms with Gasteiger partial charge in [-0.25, -0.2) is 4.79 Å². The molecule has 140 valence electrons. The molecule has 4 rings (SSSR count). The van der Waals surface area contributed by atoms with Crippen molar-refractivity contribution in [3.8, 4) is 0 Å². The van der Waals surface area contributed by atoms with E-state index in [1.807, 2.05) is 17.0 Å². The lowest BCUT2D eigenvalue weighted by Crippen LogP contribution is -2.50. The first kappa shape index (κ1) is 17.6. The quantitative estimate of drug-likeness (QED) is 0.747. The van der Waals surface area contributed by atoms with Crippen LogP contribution in [0.1, 0.15) is 61.9 Å². The van der Waals surface area contributed by atoms with Crippen LogP contribution >= 0.6 is 0 Å². The summed E-state index contributed by atoms with van der Waals surface area (Å²) in [6, 6.07) is 5.65. The summed E-state index contributed by atoms with van der Waals surface area (Å²) in [6.45, 7) is 5.28. The second kappa shape index (κ2) is 6.40. The number of fused-ring (bicyclic) bond motifs is 3. The molecule has 1 amide bonds. The summed E-state index contributed by atoms with van der Waals surface area (Å²) in [6.07, 6.45) is 6.33. The molecule has 1 aromatic rings. The molecule has 0 saturated heterocycles. The minimum Gasteiger partial charge on any atom is -0.465 e. The van der Waals surface area contributed by atoms with Crippen molar-refractivity contribution in [3.63, 3.8) is 0 Å². The lowest BCUT2D eigenvalue weighted by Gasteiger charge is -2.50. The zero-order valence-electron chi connectivity index (χ0n) is 16.1. The SMILES string of the molecule is COC(=O)c1cccc2c1CCN2C(=O)C12CC(C[C@@H](C)C1)C[C@H](C)C2. The Morgan fingerprint density at radius 1 is 1.12 bits per heavy atom. The molecule has 26 heavy (non-hydrogen) atoms. The Bertz CT molecular complexity index is 721. The van der Waals surface area contributed by atoms with E-state index in [1.165, 1.54) is 20.0 Å². The molecule has 3 aliphatic rings. The van der Waals surface area contributed by atoms with Gasteiger partial charge in [0.15, 0.2) is 0 Å². The van der Waals surface area contributed by atoms with Gasteiger partial charge >= 0.3 is 5.97 Å². The first-order valence-corrected chi connectivity index (χ1v) is 9.95. The van der Waals surface area contributed by atoms with Gasteiger partial charge in [0, 0.05) is 12.2 Å². The van der Waals surface area contributed by atoms with Crippen molar-refractivity contribution >= 4 is 17.6 Å². The third kappa shape index (κ3) is 2.74. The highest BCUT2D eigenvalue weighted by Gasteiger charge is 2.51. The number of nitrogens with zero attached hydrogens (tertiary/aromatic N) is 1. The van der Waals surface area contributed by atoms with E-state index < -0.39 is 0 Å². The molecule has 2 fully saturated rings. The predicted octanol–water partition coefficient (Wildman–Crippen LogP) is 4.21. The first-order chi connectivity index (χ1) is 12.4. The molecule has 1 aliphatic heterocycles. The van der Waals surface area contributed by atoms with Crippen LogP contribution in [-0.4, -0.2) is 25.5 Å². The number of hydrogen-bond acceptors (Lipinski definition) is 3. The van der Waals surface area contributed by atoms with Gasteiger partial charge in [0.1, 0.15) is 0 Å². The Morgan fingerprint density at radius 3 is 2.46 bits per heavy atom. The van der Waals surface area contributed by atoms with E-state index in [-0.39, 0.29) is 11.4 Å². The van der Waals surface area contributed by atoms with E-state index in [1.54, 1.807) is 6.07 Å². The van der Waals surface area contributed by atoms with Gasteiger partial charge in [0.25, 0.3) is 0 Å². The summed E-state index contributed by atoms with van der Waals surface area (Å²) in [7, 11) is 1.41. The summed E-state index contributed by atoms with van der Waals surface area (Å²) in [5, 5.41) is 0. The molecule has 4 nitrogen and oxygen atoms in total. The van der Waals surface area contributed by atoms with E-state index in [0.29, 0.717) is 35.8 Å². The summed E-state index contributed by atoms with van der Waals surface area (Å²) < 4.78 is 4.92. The van der Waals surface area contributed by atoms with Crippen molar-refractivity contribution < 1.29 is 14.3 Å². The van der Waals surface area contributed by atoms with E-state index in [9.17, 15) is 9.59 Å². The highest BCUT2D eigenvalue weighted by molar-refractivity contribution is 6.02. The van der Waals surface area contributed by atoms with Gasteiger partial charge in [0.2, 0.25) is 5.91 Å². The maximum atomic E-state index is 13.7. The Morgan fingerprint density at radius 2 is 1.81 bits per heavy atom. The van der Waals surface area contributed by atoms with Crippen LogP contribution in [0.3, 0.4) is 0 Å². The maximum Gasteiger partial charge on any atom is 0.338 e. The van der Waals surface area contributed by atoms with E-state index in [2.05, 4.69) is 13.8 Å². The molecule has 4 heteroatoms. The Kier molecular flexibility index (Phi) is 4.32. The molecule has 1 heterocycles. The standard InChI is InChI=1S/C22H29NO3/c1-14-9-16-10-15(2)12-22(11-14,13-16)21(25)23-8-7-17-18(20(24)26-3)5-4-6-19(17)23/h4-6,14-16H,7-13H2,1-3H3/t14-,15+,16?,22?. The topological polar surface area (TPSA) is 46.6 Å². The van der Waals surface area contributed by atoms with Crippen LogP contribution in [0.4, 0.5) is 5.69 Å². The predicted molar refractivity (Wildman–Crippen MR) is 101 cm³/mol. The molecular weight excluding hydrogens is 326 g/mol. The fourth-order valence-electron chi connectivity index (χ4n) is 6.20. The monoisotopic (exact) mass is 355 g/mol. The Balaban J connectivity index is 1.68. The number of rotatable bonds is 2. The van der Waals surface area contributed by atoms with Crippen LogP contribution in [0.2, 0.25) is 0 Å². The molecule has 0 N–H and O–H groups in total. The Labute approximate surface area is 155 Å². The van der Waals surface area contributed by atoms with Gasteiger partial charge in [-0.15, -0.1) is 0 Å². The largest absolute Gasteiger partial charge is 0.465 e. The Hall–Kier alpha value is -1.84. The van der Waals surface area contributed by atoms with Gasteiger partial charge in [-0.3, -0.25) is 4.79 Å². The van der Waals surface area contributed by atoms with Crippen molar-refractivity contribution in [3.05, 3.63) is 29.3 Å². The lowest BCUT2D eigenvalue weighted by atomic mass is 9.56. The normalized spacial score (nSPS) is 32.9. The molecule has 4 atom stereocenters. The van der Waals surface area contributed by atoms with Crippen LogP contribution in [-0.2, 0) is 16.0 Å². The number of methoxy groups -OCH3 is 1. The second-order valence-corrected chi connectivity index (χ2v) is 8.94. The van der Waals surface area contributed by atoms with Crippen LogP contribution in [0.15, 0.2) is 18.2 Å². The molecule has 2 bridgehead atoms. The maximum absolute atomic E-state index is 13.7. The number of hydrogen-bond donors (Lipinski definition) is 0. The number of carbonyl (C=O) groups excluding carboxylic acids is 2. The van der Waals surface area contributed by atoms with Crippen molar-refractivity contribution in [2.24, 2.45) is 23.2 Å². The number of esters is 1. The summed E-state index contributed by atoms with van der Waals surface area (Å²) >= 11 is 0. The van der Waals surface area contributed by atoms with Crippen molar-refractivity contribution in [2.75, 3.05) is 18.6 Å². The molecular formula is C22H29NO3. The van der Waals surface area contributed by atoms with Crippen molar-refractivity contribution in [1.82, 2.24) is 0 Å². The number of carbonyl (C=O) groups is 2. The molecule has 0 spiro atoms. The van der Waals surface area contributed by atoms with E-state index in [4.69, 9.17) is 4.74 Å². The smallest absolute Gasteiger partial charge is 0.338 e. The van der Waals surface area contributed by atoms with Gasteiger partial charge in [0.05, 0.1) is 18.1 Å². The van der Waals surface area contributed by atoms with Crippen LogP contribution < -0.4 is 4.90 Å². The summed E-state index contributed by atoms with van der Waals surface area (Å²) in [5.41, 5.74) is 2.28.